The minimum absolute atomic E-state index is 0.138. The summed E-state index contributed by atoms with van der Waals surface area (Å²) in [5.74, 6) is -0.547. The maximum Gasteiger partial charge on any atom is 0.309 e. The smallest absolute Gasteiger partial charge is 0.309 e. The number of hydrogen-bond acceptors (Lipinski definition) is 8. The molecule has 59 heavy (non-hydrogen) atoms. The number of carbonyl (C=O) groups excluding carboxylic acids is 2. The number of nitrogens with one attached hydrogen (secondary N) is 2. The molecule has 0 radical (unpaired) electrons. The molecule has 4 aromatic rings. The first-order valence-electron chi connectivity index (χ1n) is 21.3. The zero-order valence-corrected chi connectivity index (χ0v) is 35.1. The lowest BCUT2D eigenvalue weighted by atomic mass is 9.80. The second kappa shape index (κ2) is 15.5. The van der Waals surface area contributed by atoms with Crippen LogP contribution in [0.15, 0.2) is 36.4 Å². The Morgan fingerprint density at radius 3 is 2.05 bits per heavy atom. The molecular formula is C45H55ClN8O5. The Labute approximate surface area is 350 Å². The summed E-state index contributed by atoms with van der Waals surface area (Å²) in [7, 11) is 3.80. The van der Waals surface area contributed by atoms with Crippen LogP contribution in [0, 0.1) is 17.8 Å². The molecule has 3 fully saturated rings. The molecule has 13 nitrogen and oxygen atoms in total. The van der Waals surface area contributed by atoms with Gasteiger partial charge in [-0.15, -0.1) is 0 Å². The van der Waals surface area contributed by atoms with E-state index in [1.54, 1.807) is 6.07 Å². The molecule has 9 rings (SSSR count). The molecule has 0 spiro atoms. The summed E-state index contributed by atoms with van der Waals surface area (Å²) < 4.78 is 3.81. The Morgan fingerprint density at radius 1 is 0.814 bits per heavy atom. The second-order valence-electron chi connectivity index (χ2n) is 18.1. The number of imidazole rings is 2. The van der Waals surface area contributed by atoms with E-state index < -0.39 is 11.4 Å². The van der Waals surface area contributed by atoms with Crippen molar-refractivity contribution < 1.29 is 24.6 Å². The van der Waals surface area contributed by atoms with Gasteiger partial charge in [-0.1, -0.05) is 35.9 Å². The van der Waals surface area contributed by atoms with Crippen LogP contribution in [-0.2, 0) is 44.8 Å². The van der Waals surface area contributed by atoms with E-state index >= 15 is 0 Å². The second-order valence-corrected chi connectivity index (χ2v) is 18.4. The molecule has 0 unspecified atom stereocenters. The van der Waals surface area contributed by atoms with Gasteiger partial charge in [0.2, 0.25) is 0 Å². The summed E-state index contributed by atoms with van der Waals surface area (Å²) in [6.45, 7) is 6.00. The molecular weight excluding hydrogens is 768 g/mol. The van der Waals surface area contributed by atoms with Crippen LogP contribution in [-0.4, -0.2) is 88.7 Å². The van der Waals surface area contributed by atoms with Crippen molar-refractivity contribution >= 4 is 40.8 Å². The molecule has 4 heterocycles. The van der Waals surface area contributed by atoms with Crippen molar-refractivity contribution in [1.29, 1.82) is 0 Å². The summed E-state index contributed by atoms with van der Waals surface area (Å²) in [6, 6.07) is 11.7. The molecule has 14 heteroatoms. The van der Waals surface area contributed by atoms with E-state index in [9.17, 15) is 24.6 Å². The lowest BCUT2D eigenvalue weighted by Crippen LogP contribution is -2.42. The van der Waals surface area contributed by atoms with E-state index in [2.05, 4.69) is 20.4 Å². The monoisotopic (exact) mass is 822 g/mol. The number of amides is 2. The summed E-state index contributed by atoms with van der Waals surface area (Å²) in [4.78, 5) is 54.1. The van der Waals surface area contributed by atoms with Gasteiger partial charge in [0.25, 0.3) is 11.8 Å². The molecule has 312 valence electrons. The van der Waals surface area contributed by atoms with Crippen LogP contribution in [0.1, 0.15) is 114 Å². The molecule has 0 atom stereocenters. The van der Waals surface area contributed by atoms with E-state index in [4.69, 9.17) is 21.6 Å². The molecule has 4 N–H and O–H groups in total. The van der Waals surface area contributed by atoms with Crippen molar-refractivity contribution in [2.45, 2.75) is 109 Å². The third-order valence-electron chi connectivity index (χ3n) is 14.7. The van der Waals surface area contributed by atoms with Gasteiger partial charge in [-0.3, -0.25) is 24.2 Å². The van der Waals surface area contributed by atoms with Crippen LogP contribution in [0.4, 0.5) is 11.4 Å². The number of hydrogen-bond donors (Lipinski definition) is 4. The molecule has 2 amide bonds. The molecule has 0 saturated heterocycles. The van der Waals surface area contributed by atoms with Gasteiger partial charge in [-0.25, -0.2) is 9.97 Å². The van der Waals surface area contributed by atoms with Gasteiger partial charge >= 0.3 is 5.97 Å². The molecule has 2 aliphatic heterocycles. The summed E-state index contributed by atoms with van der Waals surface area (Å²) >= 11 is 7.06. The summed E-state index contributed by atoms with van der Waals surface area (Å²) in [6.07, 6.45) is 10.5. The number of aromatic nitrogens is 4. The van der Waals surface area contributed by atoms with E-state index in [-0.39, 0.29) is 23.3 Å². The minimum atomic E-state index is -0.623. The van der Waals surface area contributed by atoms with Crippen LogP contribution in [0.2, 0.25) is 5.02 Å². The van der Waals surface area contributed by atoms with Gasteiger partial charge < -0.3 is 30.0 Å². The molecule has 2 aromatic heterocycles. The number of aliphatic hydroxyl groups is 1. The first-order chi connectivity index (χ1) is 28.3. The minimum Gasteiger partial charge on any atom is -0.481 e. The van der Waals surface area contributed by atoms with Crippen molar-refractivity contribution in [3.63, 3.8) is 0 Å². The highest BCUT2D eigenvalue weighted by Gasteiger charge is 2.57. The Kier molecular flexibility index (Phi) is 10.5. The standard InChI is InChI=1S/C45H55ClN8O5/c1-27-30(6-4-8-32(27)49-41(56)39-48-35-25-54(22-15-37(35)52(39)3)28-10-12-29(55)13-11-28)31-7-5-9-33(38(31)46)50-42(57)40-47-34-24-53(21-14-36(34)51(40)2)23-20-44-16-18-45(26-44,19-17-44)43(58)59/h4-9,28-29,55H,10-26H2,1-3H3,(H,49,56)(H,50,57)(H,58,59). The van der Waals surface area contributed by atoms with Crippen molar-refractivity contribution in [3.8, 4) is 11.1 Å². The lowest BCUT2D eigenvalue weighted by molar-refractivity contribution is -0.148. The van der Waals surface area contributed by atoms with Gasteiger partial charge in [-0.05, 0) is 106 Å². The predicted molar refractivity (Wildman–Crippen MR) is 226 cm³/mol. The Bertz CT molecular complexity index is 2320. The fourth-order valence-electron chi connectivity index (χ4n) is 11.1. The number of anilines is 2. The number of carbonyl (C=O) groups is 3. The summed E-state index contributed by atoms with van der Waals surface area (Å²) in [5.41, 5.74) is 7.12. The van der Waals surface area contributed by atoms with Crippen molar-refractivity contribution in [2.24, 2.45) is 24.9 Å². The topological polar surface area (TPSA) is 158 Å². The third kappa shape index (κ3) is 7.27. The third-order valence-corrected chi connectivity index (χ3v) is 15.1. The lowest BCUT2D eigenvalue weighted by Gasteiger charge is -2.37. The average Bonchev–Trinajstić information content (AvgIpc) is 3.99. The average molecular weight is 823 g/mol. The number of aliphatic carboxylic acids is 1. The Morgan fingerprint density at radius 2 is 1.41 bits per heavy atom. The molecule has 5 aliphatic rings. The Hall–Kier alpha value is -4.56. The van der Waals surface area contributed by atoms with Gasteiger partial charge in [0, 0.05) is 81.8 Å². The van der Waals surface area contributed by atoms with Gasteiger partial charge in [0.05, 0.1) is 33.6 Å². The van der Waals surface area contributed by atoms with Crippen molar-refractivity contribution in [1.82, 2.24) is 28.9 Å². The largest absolute Gasteiger partial charge is 0.481 e. The highest BCUT2D eigenvalue weighted by Crippen LogP contribution is 2.63. The zero-order valence-electron chi connectivity index (χ0n) is 34.3. The number of halogens is 1. The van der Waals surface area contributed by atoms with Crippen LogP contribution in [0.5, 0.6) is 0 Å². The van der Waals surface area contributed by atoms with Gasteiger partial charge in [0.1, 0.15) is 0 Å². The first kappa shape index (κ1) is 39.9. The van der Waals surface area contributed by atoms with E-state index in [0.29, 0.717) is 47.2 Å². The van der Waals surface area contributed by atoms with Crippen molar-refractivity contribution in [2.75, 3.05) is 30.3 Å². The van der Waals surface area contributed by atoms with Gasteiger partial charge in [-0.2, -0.15) is 0 Å². The number of aliphatic hydroxyl groups excluding tert-OH is 1. The first-order valence-corrected chi connectivity index (χ1v) is 21.7. The maximum atomic E-state index is 13.8. The fourth-order valence-corrected chi connectivity index (χ4v) is 11.3. The van der Waals surface area contributed by atoms with Crippen LogP contribution in [0.3, 0.4) is 0 Å². The predicted octanol–water partition coefficient (Wildman–Crippen LogP) is 6.73. The Balaban J connectivity index is 0.859. The number of nitrogens with zero attached hydrogens (tertiary/aromatic N) is 6. The van der Waals surface area contributed by atoms with E-state index in [1.807, 2.05) is 60.5 Å². The number of benzene rings is 2. The zero-order chi connectivity index (χ0) is 41.2. The number of rotatable bonds is 10. The van der Waals surface area contributed by atoms with Gasteiger partial charge in [0.15, 0.2) is 11.6 Å². The van der Waals surface area contributed by atoms with Crippen LogP contribution in [0.25, 0.3) is 11.1 Å². The molecule has 3 aliphatic carbocycles. The number of fused-ring (bicyclic) bond motifs is 4. The molecule has 2 aromatic carbocycles. The van der Waals surface area contributed by atoms with E-state index in [1.165, 1.54) is 0 Å². The SMILES string of the molecule is Cc1c(NC(=O)c2nc3c(n2C)CCN(C2CCC(O)CC2)C3)cccc1-c1cccc(NC(=O)c2nc3c(n2C)CCN(CCC24CCC(C(=O)O)(CC2)C4)C3)c1Cl. The van der Waals surface area contributed by atoms with Crippen LogP contribution >= 0.6 is 11.6 Å². The number of carboxylic acids is 1. The highest BCUT2D eigenvalue weighted by atomic mass is 35.5. The molecule has 3 saturated carbocycles. The summed E-state index contributed by atoms with van der Waals surface area (Å²) in [5, 5.41) is 26.3. The number of carboxylic acid groups (broad SMARTS) is 1. The van der Waals surface area contributed by atoms with E-state index in [0.717, 1.165) is 136 Å². The van der Waals surface area contributed by atoms with Crippen molar-refractivity contribution in [3.05, 3.63) is 81.4 Å². The maximum absolute atomic E-state index is 13.8. The highest BCUT2D eigenvalue weighted by molar-refractivity contribution is 6.36. The van der Waals surface area contributed by atoms with Crippen LogP contribution < -0.4 is 10.6 Å². The normalized spacial score (nSPS) is 25.4. The quantitative estimate of drug-likeness (QED) is 0.136. The fraction of sp³-hybridized carbons (Fsp3) is 0.533. The molecule has 2 bridgehead atoms.